The second-order valence-electron chi connectivity index (χ2n) is 4.93. The molecule has 21 heavy (non-hydrogen) atoms. The lowest BCUT2D eigenvalue weighted by atomic mass is 10.0. The summed E-state index contributed by atoms with van der Waals surface area (Å²) in [6.45, 7) is 5.05. The molecule has 0 aliphatic carbocycles. The van der Waals surface area contributed by atoms with Crippen LogP contribution in [0.25, 0.3) is 0 Å². The predicted molar refractivity (Wildman–Crippen MR) is 80.3 cm³/mol. The molecule has 5 heteroatoms. The van der Waals surface area contributed by atoms with Crippen LogP contribution in [0.2, 0.25) is 0 Å². The number of nitrogens with zero attached hydrogens (tertiary/aromatic N) is 1. The Morgan fingerprint density at radius 1 is 1.14 bits per heavy atom. The van der Waals surface area contributed by atoms with Gasteiger partial charge in [0, 0.05) is 25.8 Å². The molecular formula is C16H23NO4. The Kier molecular flexibility index (Phi) is 6.88. The summed E-state index contributed by atoms with van der Waals surface area (Å²) in [7, 11) is 2.93. The number of amides is 1. The van der Waals surface area contributed by atoms with Crippen LogP contribution in [-0.2, 0) is 14.3 Å². The van der Waals surface area contributed by atoms with Crippen molar-refractivity contribution in [2.24, 2.45) is 0 Å². The predicted octanol–water partition coefficient (Wildman–Crippen LogP) is 1.96. The fraction of sp³-hybridized carbons (Fsp3) is 0.500. The third-order valence-electron chi connectivity index (χ3n) is 3.29. The number of hydrogen-bond acceptors (Lipinski definition) is 4. The van der Waals surface area contributed by atoms with Gasteiger partial charge in [0.2, 0.25) is 0 Å². The van der Waals surface area contributed by atoms with E-state index in [1.807, 2.05) is 32.0 Å². The zero-order chi connectivity index (χ0) is 15.8. The van der Waals surface area contributed by atoms with Crippen LogP contribution in [0.5, 0.6) is 0 Å². The van der Waals surface area contributed by atoms with E-state index in [0.717, 1.165) is 11.1 Å². The summed E-state index contributed by atoms with van der Waals surface area (Å²) in [4.78, 5) is 25.5. The molecule has 0 saturated carbocycles. The Labute approximate surface area is 125 Å². The minimum Gasteiger partial charge on any atom is -0.469 e. The van der Waals surface area contributed by atoms with Gasteiger partial charge in [-0.3, -0.25) is 9.59 Å². The van der Waals surface area contributed by atoms with Crippen LogP contribution in [0.15, 0.2) is 18.2 Å². The smallest absolute Gasteiger partial charge is 0.307 e. The van der Waals surface area contributed by atoms with Gasteiger partial charge in [-0.25, -0.2) is 0 Å². The highest BCUT2D eigenvalue weighted by atomic mass is 16.5. The second-order valence-corrected chi connectivity index (χ2v) is 4.93. The lowest BCUT2D eigenvalue weighted by Gasteiger charge is -2.23. The molecule has 116 valence electrons. The summed E-state index contributed by atoms with van der Waals surface area (Å²) >= 11 is 0. The maximum atomic E-state index is 12.6. The molecule has 1 aromatic carbocycles. The van der Waals surface area contributed by atoms with Crippen molar-refractivity contribution < 1.29 is 19.1 Å². The Hall–Kier alpha value is -1.88. The molecule has 1 rings (SSSR count). The van der Waals surface area contributed by atoms with Gasteiger partial charge >= 0.3 is 5.97 Å². The van der Waals surface area contributed by atoms with E-state index in [4.69, 9.17) is 4.74 Å². The van der Waals surface area contributed by atoms with Crippen molar-refractivity contribution in [3.8, 4) is 0 Å². The summed E-state index contributed by atoms with van der Waals surface area (Å²) in [5.74, 6) is -0.414. The standard InChI is InChI=1S/C16H23NO4/c1-12-5-6-13(2)14(11-12)16(19)17(9-10-20-3)8-7-15(18)21-4/h5-6,11H,7-10H2,1-4H3. The van der Waals surface area contributed by atoms with Crippen molar-refractivity contribution >= 4 is 11.9 Å². The number of carbonyl (C=O) groups is 2. The van der Waals surface area contributed by atoms with Gasteiger partial charge in [0.15, 0.2) is 0 Å². The Morgan fingerprint density at radius 2 is 1.86 bits per heavy atom. The topological polar surface area (TPSA) is 55.8 Å². The first-order valence-electron chi connectivity index (χ1n) is 6.92. The molecule has 0 N–H and O–H groups in total. The van der Waals surface area contributed by atoms with Gasteiger partial charge in [-0.1, -0.05) is 17.7 Å². The fourth-order valence-electron chi connectivity index (χ4n) is 1.98. The van der Waals surface area contributed by atoms with E-state index < -0.39 is 0 Å². The fourth-order valence-corrected chi connectivity index (χ4v) is 1.98. The van der Waals surface area contributed by atoms with Crippen LogP contribution in [0.1, 0.15) is 27.9 Å². The van der Waals surface area contributed by atoms with Gasteiger partial charge in [-0.2, -0.15) is 0 Å². The van der Waals surface area contributed by atoms with Crippen molar-refractivity contribution in [3.63, 3.8) is 0 Å². The van der Waals surface area contributed by atoms with E-state index in [2.05, 4.69) is 4.74 Å². The van der Waals surface area contributed by atoms with Crippen LogP contribution in [0.3, 0.4) is 0 Å². The van der Waals surface area contributed by atoms with Gasteiger partial charge in [0.25, 0.3) is 5.91 Å². The van der Waals surface area contributed by atoms with Crippen molar-refractivity contribution in [2.45, 2.75) is 20.3 Å². The van der Waals surface area contributed by atoms with Gasteiger partial charge in [0.1, 0.15) is 0 Å². The molecule has 1 amide bonds. The average Bonchev–Trinajstić information content (AvgIpc) is 2.48. The van der Waals surface area contributed by atoms with Crippen LogP contribution in [-0.4, -0.2) is 50.7 Å². The highest BCUT2D eigenvalue weighted by Gasteiger charge is 2.18. The molecule has 0 unspecified atom stereocenters. The van der Waals surface area contributed by atoms with Crippen molar-refractivity contribution in [1.29, 1.82) is 0 Å². The highest BCUT2D eigenvalue weighted by molar-refractivity contribution is 5.96. The summed E-state index contributed by atoms with van der Waals surface area (Å²) in [6, 6.07) is 5.77. The van der Waals surface area contributed by atoms with E-state index >= 15 is 0 Å². The van der Waals surface area contributed by atoms with Crippen molar-refractivity contribution in [1.82, 2.24) is 4.90 Å². The first-order valence-corrected chi connectivity index (χ1v) is 6.92. The molecule has 0 aliphatic heterocycles. The molecule has 1 aromatic rings. The molecule has 5 nitrogen and oxygen atoms in total. The monoisotopic (exact) mass is 293 g/mol. The van der Waals surface area contributed by atoms with Crippen LogP contribution < -0.4 is 0 Å². The molecule has 0 aliphatic rings. The molecule has 0 spiro atoms. The number of hydrogen-bond donors (Lipinski definition) is 0. The Morgan fingerprint density at radius 3 is 2.48 bits per heavy atom. The number of aryl methyl sites for hydroxylation is 2. The number of rotatable bonds is 7. The van der Waals surface area contributed by atoms with E-state index in [1.165, 1.54) is 7.11 Å². The first-order chi connectivity index (χ1) is 9.99. The Bertz CT molecular complexity index is 499. The molecule has 0 heterocycles. The van der Waals surface area contributed by atoms with E-state index in [9.17, 15) is 9.59 Å². The average molecular weight is 293 g/mol. The number of methoxy groups -OCH3 is 2. The molecule has 0 fully saturated rings. The molecule has 0 bridgehead atoms. The SMILES string of the molecule is COCCN(CCC(=O)OC)C(=O)c1cc(C)ccc1C. The number of esters is 1. The summed E-state index contributed by atoms with van der Waals surface area (Å²) in [6.07, 6.45) is 0.177. The molecule has 0 radical (unpaired) electrons. The number of carbonyl (C=O) groups excluding carboxylic acids is 2. The van der Waals surface area contributed by atoms with E-state index in [0.29, 0.717) is 25.3 Å². The number of ether oxygens (including phenoxy) is 2. The lowest BCUT2D eigenvalue weighted by molar-refractivity contribution is -0.140. The number of benzene rings is 1. The molecule has 0 aromatic heterocycles. The largest absolute Gasteiger partial charge is 0.469 e. The van der Waals surface area contributed by atoms with Gasteiger partial charge in [-0.05, 0) is 25.5 Å². The van der Waals surface area contributed by atoms with Crippen molar-refractivity contribution in [2.75, 3.05) is 33.9 Å². The highest BCUT2D eigenvalue weighted by Crippen LogP contribution is 2.14. The van der Waals surface area contributed by atoms with Gasteiger partial charge in [-0.15, -0.1) is 0 Å². The minimum absolute atomic E-state index is 0.0860. The molecular weight excluding hydrogens is 270 g/mol. The second kappa shape index (κ2) is 8.42. The minimum atomic E-state index is -0.328. The third kappa shape index (κ3) is 5.19. The van der Waals surface area contributed by atoms with Gasteiger partial charge in [0.05, 0.1) is 20.1 Å². The quantitative estimate of drug-likeness (QED) is 0.721. The third-order valence-corrected chi connectivity index (χ3v) is 3.29. The van der Waals surface area contributed by atoms with Crippen LogP contribution in [0.4, 0.5) is 0 Å². The zero-order valence-corrected chi connectivity index (χ0v) is 13.1. The summed E-state index contributed by atoms with van der Waals surface area (Å²) < 4.78 is 9.66. The van der Waals surface area contributed by atoms with Gasteiger partial charge < -0.3 is 14.4 Å². The van der Waals surface area contributed by atoms with E-state index in [-0.39, 0.29) is 18.3 Å². The summed E-state index contributed by atoms with van der Waals surface area (Å²) in [5.41, 5.74) is 2.62. The van der Waals surface area contributed by atoms with E-state index in [1.54, 1.807) is 12.0 Å². The molecule has 0 saturated heterocycles. The van der Waals surface area contributed by atoms with Crippen LogP contribution in [0, 0.1) is 13.8 Å². The summed E-state index contributed by atoms with van der Waals surface area (Å²) in [5, 5.41) is 0. The Balaban J connectivity index is 2.87. The maximum Gasteiger partial charge on any atom is 0.307 e. The molecule has 0 atom stereocenters. The maximum absolute atomic E-state index is 12.6. The van der Waals surface area contributed by atoms with Crippen molar-refractivity contribution in [3.05, 3.63) is 34.9 Å². The normalized spacial score (nSPS) is 10.3. The van der Waals surface area contributed by atoms with Crippen LogP contribution >= 0.6 is 0 Å². The zero-order valence-electron chi connectivity index (χ0n) is 13.1. The first kappa shape index (κ1) is 17.2. The lowest BCUT2D eigenvalue weighted by Crippen LogP contribution is -2.36.